The van der Waals surface area contributed by atoms with Crippen LogP contribution >= 0.6 is 0 Å². The fraction of sp³-hybridized carbons (Fsp3) is 0.895. The number of allylic oxidation sites excluding steroid dienone is 2. The van der Waals surface area contributed by atoms with Gasteiger partial charge in [-0.05, 0) is 66.1 Å². The van der Waals surface area contributed by atoms with Crippen LogP contribution in [0.3, 0.4) is 0 Å². The predicted molar refractivity (Wildman–Crippen MR) is 85.4 cm³/mol. The summed E-state index contributed by atoms with van der Waals surface area (Å²) >= 11 is 0. The van der Waals surface area contributed by atoms with E-state index < -0.39 is 0 Å². The quantitative estimate of drug-likeness (QED) is 0.631. The van der Waals surface area contributed by atoms with Crippen molar-refractivity contribution in [3.63, 3.8) is 0 Å². The summed E-state index contributed by atoms with van der Waals surface area (Å²) in [5, 5.41) is 0. The topological polar surface area (TPSA) is 0 Å². The fourth-order valence-electron chi connectivity index (χ4n) is 7.80. The Morgan fingerprint density at radius 3 is 2.40 bits per heavy atom. The van der Waals surface area contributed by atoms with Gasteiger partial charge in [0.05, 0.1) is 0 Å². The van der Waals surface area contributed by atoms with Gasteiger partial charge in [0.1, 0.15) is 7.85 Å². The van der Waals surface area contributed by atoms with Crippen LogP contribution in [0.25, 0.3) is 0 Å². The normalized spacial score (nSPS) is 59.6. The third-order valence-corrected chi connectivity index (χ3v) is 8.87. The van der Waals surface area contributed by atoms with E-state index >= 15 is 0 Å². The Labute approximate surface area is 126 Å². The van der Waals surface area contributed by atoms with E-state index in [-0.39, 0.29) is 0 Å². The van der Waals surface area contributed by atoms with Gasteiger partial charge in [-0.1, -0.05) is 46.1 Å². The van der Waals surface area contributed by atoms with Gasteiger partial charge in [-0.3, -0.25) is 0 Å². The molecular weight excluding hydrogens is 239 g/mol. The minimum atomic E-state index is 0.567. The summed E-state index contributed by atoms with van der Waals surface area (Å²) in [6, 6.07) is 0. The molecule has 1 heteroatoms. The lowest BCUT2D eigenvalue weighted by atomic mass is 9.34. The second-order valence-electron chi connectivity index (χ2n) is 8.83. The van der Waals surface area contributed by atoms with Gasteiger partial charge >= 0.3 is 0 Å². The van der Waals surface area contributed by atoms with Gasteiger partial charge in [0, 0.05) is 0 Å². The van der Waals surface area contributed by atoms with Crippen molar-refractivity contribution in [3.05, 3.63) is 11.0 Å². The average Bonchev–Trinajstić information content (AvgIpc) is 2.96. The predicted octanol–water partition coefficient (Wildman–Crippen LogP) is 4.79. The van der Waals surface area contributed by atoms with Crippen LogP contribution in [-0.2, 0) is 0 Å². The van der Waals surface area contributed by atoms with E-state index in [0.29, 0.717) is 10.8 Å². The summed E-state index contributed by atoms with van der Waals surface area (Å²) < 4.78 is 0. The van der Waals surface area contributed by atoms with Crippen molar-refractivity contribution in [1.29, 1.82) is 0 Å². The Morgan fingerprint density at radius 1 is 1.10 bits per heavy atom. The van der Waals surface area contributed by atoms with Crippen molar-refractivity contribution in [1.82, 2.24) is 0 Å². The zero-order valence-electron chi connectivity index (χ0n) is 13.9. The Bertz CT molecular complexity index is 492. The second-order valence-corrected chi connectivity index (χ2v) is 8.83. The Morgan fingerprint density at radius 2 is 1.75 bits per heavy atom. The minimum Gasteiger partial charge on any atom is -0.115 e. The van der Waals surface area contributed by atoms with Crippen LogP contribution in [0.2, 0.25) is 0 Å². The maximum absolute atomic E-state index is 6.47. The molecule has 0 aromatic rings. The fourth-order valence-corrected chi connectivity index (χ4v) is 7.80. The van der Waals surface area contributed by atoms with Gasteiger partial charge in [0.25, 0.3) is 0 Å². The molecular formula is C19H29B. The lowest BCUT2D eigenvalue weighted by molar-refractivity contribution is -0.210. The molecule has 4 aliphatic carbocycles. The van der Waals surface area contributed by atoms with Crippen molar-refractivity contribution in [3.8, 4) is 0 Å². The van der Waals surface area contributed by atoms with E-state index in [0.717, 1.165) is 35.5 Å². The molecule has 3 fully saturated rings. The van der Waals surface area contributed by atoms with E-state index in [1.165, 1.54) is 31.2 Å². The molecule has 0 spiro atoms. The van der Waals surface area contributed by atoms with Crippen molar-refractivity contribution >= 4 is 7.85 Å². The third kappa shape index (κ3) is 1.09. The van der Waals surface area contributed by atoms with Gasteiger partial charge in [0.2, 0.25) is 0 Å². The number of hydrogen-bond donors (Lipinski definition) is 0. The highest BCUT2D eigenvalue weighted by molar-refractivity contribution is 6.22. The lowest BCUT2D eigenvalue weighted by Crippen LogP contribution is -2.65. The van der Waals surface area contributed by atoms with Crippen LogP contribution in [-0.4, -0.2) is 7.85 Å². The van der Waals surface area contributed by atoms with Crippen molar-refractivity contribution in [2.45, 2.75) is 60.3 Å². The highest BCUT2D eigenvalue weighted by Gasteiger charge is 2.79. The maximum atomic E-state index is 6.47. The van der Waals surface area contributed by atoms with E-state index in [2.05, 4.69) is 34.6 Å². The van der Waals surface area contributed by atoms with Crippen LogP contribution < -0.4 is 0 Å². The highest BCUT2D eigenvalue weighted by atomic mass is 14.8. The number of rotatable bonds is 2. The molecule has 8 unspecified atom stereocenters. The number of hydrogen-bond acceptors (Lipinski definition) is 0. The molecule has 20 heavy (non-hydrogen) atoms. The second kappa shape index (κ2) is 3.76. The molecule has 0 saturated heterocycles. The molecule has 0 aromatic heterocycles. The molecule has 0 amide bonds. The van der Waals surface area contributed by atoms with E-state index in [9.17, 15) is 0 Å². The van der Waals surface area contributed by atoms with E-state index in [4.69, 9.17) is 7.85 Å². The molecule has 3 saturated carbocycles. The standard InChI is InChI=1S/C19H29B/c1-6-7-12-8-10(2)18(4)15-13-9-14(17(20)11(13)3)16(15)19(12,18)5/h10,12-16H,6-9H2,1-5H3. The van der Waals surface area contributed by atoms with Crippen LogP contribution in [0.15, 0.2) is 11.0 Å². The Balaban J connectivity index is 1.79. The Hall–Kier alpha value is -0.195. The van der Waals surface area contributed by atoms with Gasteiger partial charge in [-0.2, -0.15) is 0 Å². The van der Waals surface area contributed by atoms with Crippen LogP contribution in [0, 0.1) is 46.3 Å². The van der Waals surface area contributed by atoms with Gasteiger partial charge in [-0.15, -0.1) is 5.47 Å². The molecule has 0 aromatic carbocycles. The van der Waals surface area contributed by atoms with Gasteiger partial charge in [0.15, 0.2) is 0 Å². The molecule has 4 rings (SSSR count). The van der Waals surface area contributed by atoms with Gasteiger partial charge in [-0.25, -0.2) is 0 Å². The summed E-state index contributed by atoms with van der Waals surface area (Å²) in [5.41, 5.74) is 4.00. The molecule has 2 radical (unpaired) electrons. The van der Waals surface area contributed by atoms with Crippen molar-refractivity contribution in [2.75, 3.05) is 0 Å². The van der Waals surface area contributed by atoms with E-state index in [1.54, 1.807) is 5.57 Å². The van der Waals surface area contributed by atoms with E-state index in [1.807, 2.05) is 0 Å². The molecule has 0 heterocycles. The first-order valence-electron chi connectivity index (χ1n) is 8.85. The molecule has 4 aliphatic rings. The smallest absolute Gasteiger partial charge is 0.108 e. The molecule has 0 aliphatic heterocycles. The summed E-state index contributed by atoms with van der Waals surface area (Å²) in [6.45, 7) is 12.5. The molecule has 2 bridgehead atoms. The van der Waals surface area contributed by atoms with Crippen molar-refractivity contribution < 1.29 is 0 Å². The van der Waals surface area contributed by atoms with Crippen LogP contribution in [0.4, 0.5) is 0 Å². The summed E-state index contributed by atoms with van der Waals surface area (Å²) in [7, 11) is 6.47. The molecule has 0 nitrogen and oxygen atoms in total. The molecule has 0 N–H and O–H groups in total. The van der Waals surface area contributed by atoms with Crippen LogP contribution in [0.5, 0.6) is 0 Å². The first-order chi connectivity index (χ1) is 9.39. The average molecular weight is 268 g/mol. The first-order valence-corrected chi connectivity index (χ1v) is 8.85. The van der Waals surface area contributed by atoms with Crippen LogP contribution in [0.1, 0.15) is 60.3 Å². The SMILES string of the molecule is [B]C1=C(C)C2CC1C1C2C2(C)C(C)CC(CCC)C12C. The monoisotopic (exact) mass is 268 g/mol. The summed E-state index contributed by atoms with van der Waals surface area (Å²) in [6.07, 6.45) is 5.62. The molecule has 108 valence electrons. The largest absolute Gasteiger partial charge is 0.115 e. The lowest BCUT2D eigenvalue weighted by Gasteiger charge is -2.69. The summed E-state index contributed by atoms with van der Waals surface area (Å²) in [5.74, 6) is 5.25. The first kappa shape index (κ1) is 13.5. The maximum Gasteiger partial charge on any atom is 0.108 e. The summed E-state index contributed by atoms with van der Waals surface area (Å²) in [4.78, 5) is 0. The zero-order valence-corrected chi connectivity index (χ0v) is 13.9. The third-order valence-electron chi connectivity index (χ3n) is 8.87. The molecule has 8 atom stereocenters. The number of fused-ring (bicyclic) bond motifs is 8. The van der Waals surface area contributed by atoms with Gasteiger partial charge < -0.3 is 0 Å². The van der Waals surface area contributed by atoms with Crippen molar-refractivity contribution in [2.24, 2.45) is 46.3 Å². The zero-order chi connectivity index (χ0) is 14.4. The minimum absolute atomic E-state index is 0.567. The Kier molecular flexibility index (Phi) is 2.53. The highest BCUT2D eigenvalue weighted by Crippen LogP contribution is 2.84.